The maximum Gasteiger partial charge on any atom is 0.0446 e. The Morgan fingerprint density at radius 2 is 1.78 bits per heavy atom. The molecule has 2 rings (SSSR count). The van der Waals surface area contributed by atoms with Gasteiger partial charge in [0, 0.05) is 30.2 Å². The minimum atomic E-state index is 0.240. The van der Waals surface area contributed by atoms with Crippen LogP contribution in [0.25, 0.3) is 10.8 Å². The van der Waals surface area contributed by atoms with E-state index in [1.54, 1.807) is 0 Å². The molecule has 2 N–H and O–H groups in total. The molecule has 0 saturated carbocycles. The smallest absolute Gasteiger partial charge is 0.0446 e. The SMILES string of the molecule is CCC(N)CN(CC)c1cccc2ccccc12. The first-order chi connectivity index (χ1) is 8.76. The van der Waals surface area contributed by atoms with Crippen molar-refractivity contribution in [2.75, 3.05) is 18.0 Å². The first-order valence-electron chi connectivity index (χ1n) is 6.74. The lowest BCUT2D eigenvalue weighted by molar-refractivity contribution is 0.623. The van der Waals surface area contributed by atoms with E-state index in [9.17, 15) is 0 Å². The molecule has 96 valence electrons. The predicted octanol–water partition coefficient (Wildman–Crippen LogP) is 3.40. The minimum absolute atomic E-state index is 0.240. The number of anilines is 1. The zero-order valence-electron chi connectivity index (χ0n) is 11.3. The molecule has 1 atom stereocenters. The number of likely N-dealkylation sites (N-methyl/N-ethyl adjacent to an activating group) is 1. The molecule has 0 heterocycles. The lowest BCUT2D eigenvalue weighted by atomic mass is 10.1. The third-order valence-corrected chi connectivity index (χ3v) is 3.47. The summed E-state index contributed by atoms with van der Waals surface area (Å²) >= 11 is 0. The van der Waals surface area contributed by atoms with Gasteiger partial charge in [-0.2, -0.15) is 0 Å². The van der Waals surface area contributed by atoms with Crippen LogP contribution in [0.4, 0.5) is 5.69 Å². The highest BCUT2D eigenvalue weighted by atomic mass is 15.1. The van der Waals surface area contributed by atoms with Crippen molar-refractivity contribution in [2.45, 2.75) is 26.3 Å². The fraction of sp³-hybridized carbons (Fsp3) is 0.375. The monoisotopic (exact) mass is 242 g/mol. The van der Waals surface area contributed by atoms with Gasteiger partial charge in [0.1, 0.15) is 0 Å². The second kappa shape index (κ2) is 5.87. The molecule has 0 saturated heterocycles. The standard InChI is InChI=1S/C16H22N2/c1-3-14(17)12-18(4-2)16-11-7-9-13-8-5-6-10-15(13)16/h5-11,14H,3-4,12,17H2,1-2H3. The number of nitrogens with two attached hydrogens (primary N) is 1. The van der Waals surface area contributed by atoms with Crippen LogP contribution in [0.2, 0.25) is 0 Å². The van der Waals surface area contributed by atoms with Gasteiger partial charge >= 0.3 is 0 Å². The number of benzene rings is 2. The third-order valence-electron chi connectivity index (χ3n) is 3.47. The van der Waals surface area contributed by atoms with E-state index in [4.69, 9.17) is 5.73 Å². The molecule has 0 aliphatic carbocycles. The summed E-state index contributed by atoms with van der Waals surface area (Å²) in [6.07, 6.45) is 1.02. The second-order valence-corrected chi connectivity index (χ2v) is 4.71. The molecular formula is C16H22N2. The largest absolute Gasteiger partial charge is 0.370 e. The van der Waals surface area contributed by atoms with Crippen molar-refractivity contribution in [1.82, 2.24) is 0 Å². The van der Waals surface area contributed by atoms with E-state index in [1.165, 1.54) is 16.5 Å². The van der Waals surface area contributed by atoms with Crippen LogP contribution in [-0.4, -0.2) is 19.1 Å². The van der Waals surface area contributed by atoms with Gasteiger partial charge in [-0.25, -0.2) is 0 Å². The molecule has 2 heteroatoms. The average Bonchev–Trinajstić information content (AvgIpc) is 2.44. The minimum Gasteiger partial charge on any atom is -0.370 e. The quantitative estimate of drug-likeness (QED) is 0.870. The summed E-state index contributed by atoms with van der Waals surface area (Å²) in [5.41, 5.74) is 7.38. The molecule has 2 nitrogen and oxygen atoms in total. The van der Waals surface area contributed by atoms with Gasteiger partial charge in [-0.1, -0.05) is 43.3 Å². The highest BCUT2D eigenvalue weighted by Gasteiger charge is 2.10. The number of hydrogen-bond donors (Lipinski definition) is 1. The van der Waals surface area contributed by atoms with Gasteiger partial charge in [0.05, 0.1) is 0 Å². The first kappa shape index (κ1) is 12.9. The molecule has 1 unspecified atom stereocenters. The van der Waals surface area contributed by atoms with Crippen LogP contribution in [0, 0.1) is 0 Å². The summed E-state index contributed by atoms with van der Waals surface area (Å²) in [6, 6.07) is 15.2. The Kier molecular flexibility index (Phi) is 4.21. The zero-order valence-corrected chi connectivity index (χ0v) is 11.3. The van der Waals surface area contributed by atoms with Crippen LogP contribution in [0.5, 0.6) is 0 Å². The van der Waals surface area contributed by atoms with Gasteiger partial charge in [0.25, 0.3) is 0 Å². The van der Waals surface area contributed by atoms with Gasteiger partial charge in [-0.15, -0.1) is 0 Å². The molecule has 0 bridgehead atoms. The molecule has 0 aliphatic rings. The van der Waals surface area contributed by atoms with Crippen LogP contribution in [0.3, 0.4) is 0 Å². The third kappa shape index (κ3) is 2.65. The van der Waals surface area contributed by atoms with Crippen molar-refractivity contribution in [3.05, 3.63) is 42.5 Å². The van der Waals surface area contributed by atoms with Crippen molar-refractivity contribution in [1.29, 1.82) is 0 Å². The zero-order chi connectivity index (χ0) is 13.0. The maximum atomic E-state index is 6.09. The molecule has 0 aliphatic heterocycles. The Balaban J connectivity index is 2.38. The number of fused-ring (bicyclic) bond motifs is 1. The Hall–Kier alpha value is -1.54. The summed E-state index contributed by atoms with van der Waals surface area (Å²) < 4.78 is 0. The van der Waals surface area contributed by atoms with Crippen molar-refractivity contribution < 1.29 is 0 Å². The summed E-state index contributed by atoms with van der Waals surface area (Å²) in [6.45, 7) is 6.23. The van der Waals surface area contributed by atoms with E-state index in [1.807, 2.05) is 0 Å². The van der Waals surface area contributed by atoms with E-state index < -0.39 is 0 Å². The van der Waals surface area contributed by atoms with Crippen molar-refractivity contribution in [3.8, 4) is 0 Å². The molecule has 0 amide bonds. The van der Waals surface area contributed by atoms with Gasteiger partial charge < -0.3 is 10.6 Å². The average molecular weight is 242 g/mol. The summed E-state index contributed by atoms with van der Waals surface area (Å²) in [5, 5.41) is 2.60. The number of nitrogens with zero attached hydrogens (tertiary/aromatic N) is 1. The van der Waals surface area contributed by atoms with Gasteiger partial charge in [0.15, 0.2) is 0 Å². The fourth-order valence-electron chi connectivity index (χ4n) is 2.29. The molecular weight excluding hydrogens is 220 g/mol. The van der Waals surface area contributed by atoms with E-state index in [0.717, 1.165) is 19.5 Å². The van der Waals surface area contributed by atoms with Crippen LogP contribution >= 0.6 is 0 Å². The topological polar surface area (TPSA) is 29.3 Å². The Bertz CT molecular complexity index is 502. The van der Waals surface area contributed by atoms with Crippen LogP contribution in [-0.2, 0) is 0 Å². The lowest BCUT2D eigenvalue weighted by Crippen LogP contribution is -2.37. The maximum absolute atomic E-state index is 6.09. The van der Waals surface area contributed by atoms with Crippen molar-refractivity contribution in [2.24, 2.45) is 5.73 Å². The summed E-state index contributed by atoms with van der Waals surface area (Å²) in [4.78, 5) is 2.37. The van der Waals surface area contributed by atoms with Crippen molar-refractivity contribution >= 4 is 16.5 Å². The predicted molar refractivity (Wildman–Crippen MR) is 80.1 cm³/mol. The molecule has 2 aromatic carbocycles. The molecule has 2 aromatic rings. The van der Waals surface area contributed by atoms with Crippen LogP contribution < -0.4 is 10.6 Å². The van der Waals surface area contributed by atoms with Gasteiger partial charge in [-0.05, 0) is 24.8 Å². The Morgan fingerprint density at radius 3 is 2.50 bits per heavy atom. The molecule has 0 spiro atoms. The lowest BCUT2D eigenvalue weighted by Gasteiger charge is -2.27. The van der Waals surface area contributed by atoms with Crippen LogP contribution in [0.15, 0.2) is 42.5 Å². The summed E-state index contributed by atoms with van der Waals surface area (Å²) in [5.74, 6) is 0. The Morgan fingerprint density at radius 1 is 1.06 bits per heavy atom. The van der Waals surface area contributed by atoms with Crippen molar-refractivity contribution in [3.63, 3.8) is 0 Å². The van der Waals surface area contributed by atoms with E-state index >= 15 is 0 Å². The second-order valence-electron chi connectivity index (χ2n) is 4.71. The highest BCUT2D eigenvalue weighted by Crippen LogP contribution is 2.26. The van der Waals surface area contributed by atoms with Crippen LogP contribution in [0.1, 0.15) is 20.3 Å². The highest BCUT2D eigenvalue weighted by molar-refractivity contribution is 5.94. The van der Waals surface area contributed by atoms with Gasteiger partial charge in [-0.3, -0.25) is 0 Å². The molecule has 0 aromatic heterocycles. The Labute approximate surface area is 109 Å². The number of rotatable bonds is 5. The van der Waals surface area contributed by atoms with E-state index in [-0.39, 0.29) is 6.04 Å². The fourth-order valence-corrected chi connectivity index (χ4v) is 2.29. The molecule has 0 radical (unpaired) electrons. The van der Waals surface area contributed by atoms with E-state index in [2.05, 4.69) is 61.2 Å². The number of hydrogen-bond acceptors (Lipinski definition) is 2. The molecule has 18 heavy (non-hydrogen) atoms. The normalized spacial score (nSPS) is 12.6. The van der Waals surface area contributed by atoms with Gasteiger partial charge in [0.2, 0.25) is 0 Å². The first-order valence-corrected chi connectivity index (χ1v) is 6.74. The summed E-state index contributed by atoms with van der Waals surface area (Å²) in [7, 11) is 0. The van der Waals surface area contributed by atoms with E-state index in [0.29, 0.717) is 0 Å². The molecule has 0 fully saturated rings.